The molecule has 0 aromatic heterocycles. The molecule has 2 aromatic rings. The van der Waals surface area contributed by atoms with E-state index in [1.54, 1.807) is 36.4 Å². The van der Waals surface area contributed by atoms with Crippen molar-refractivity contribution in [2.45, 2.75) is 6.54 Å². The van der Waals surface area contributed by atoms with Gasteiger partial charge in [-0.3, -0.25) is 4.79 Å². The molecule has 0 aliphatic rings. The van der Waals surface area contributed by atoms with E-state index >= 15 is 0 Å². The van der Waals surface area contributed by atoms with Crippen molar-refractivity contribution in [3.63, 3.8) is 0 Å². The Balaban J connectivity index is 1.97. The summed E-state index contributed by atoms with van der Waals surface area (Å²) in [6.07, 6.45) is 0. The normalized spacial score (nSPS) is 10.0. The minimum absolute atomic E-state index is 0.145. The minimum atomic E-state index is -0.375. The summed E-state index contributed by atoms with van der Waals surface area (Å²) in [5.74, 6) is -0.520. The van der Waals surface area contributed by atoms with Crippen molar-refractivity contribution < 1.29 is 14.3 Å². The van der Waals surface area contributed by atoms with Crippen LogP contribution in [0.2, 0.25) is 0 Å². The summed E-state index contributed by atoms with van der Waals surface area (Å²) in [5.41, 5.74) is 1.99. The van der Waals surface area contributed by atoms with Gasteiger partial charge in [0.15, 0.2) is 0 Å². The van der Waals surface area contributed by atoms with E-state index in [1.165, 1.54) is 7.11 Å². The van der Waals surface area contributed by atoms with Gasteiger partial charge in [0.25, 0.3) is 5.91 Å². The highest BCUT2D eigenvalue weighted by Crippen LogP contribution is 2.12. The zero-order valence-corrected chi connectivity index (χ0v) is 13.0. The number of carbonyl (C=O) groups is 2. The predicted octanol–water partition coefficient (Wildman–Crippen LogP) is 3.17. The van der Waals surface area contributed by atoms with Crippen molar-refractivity contribution in [1.29, 1.82) is 0 Å². The molecule has 2 rings (SSSR count). The Hall–Kier alpha value is -2.14. The monoisotopic (exact) mass is 347 g/mol. The average Bonchev–Trinajstić information content (AvgIpc) is 2.52. The molecule has 2 aromatic carbocycles. The van der Waals surface area contributed by atoms with Crippen LogP contribution in [0.15, 0.2) is 53.0 Å². The van der Waals surface area contributed by atoms with Crippen LogP contribution in [0.25, 0.3) is 0 Å². The van der Waals surface area contributed by atoms with E-state index in [2.05, 4.69) is 26.0 Å². The van der Waals surface area contributed by atoms with E-state index in [0.717, 1.165) is 10.0 Å². The molecule has 0 saturated heterocycles. The molecule has 21 heavy (non-hydrogen) atoms. The van der Waals surface area contributed by atoms with Crippen LogP contribution in [-0.4, -0.2) is 19.0 Å². The van der Waals surface area contributed by atoms with Crippen LogP contribution < -0.4 is 5.32 Å². The summed E-state index contributed by atoms with van der Waals surface area (Å²) in [6.45, 7) is 0.396. The molecule has 0 fully saturated rings. The fourth-order valence-corrected chi connectivity index (χ4v) is 2.19. The van der Waals surface area contributed by atoms with Crippen LogP contribution in [0.4, 0.5) is 0 Å². The van der Waals surface area contributed by atoms with Crippen molar-refractivity contribution in [2.24, 2.45) is 0 Å². The predicted molar refractivity (Wildman–Crippen MR) is 83.1 cm³/mol. The molecule has 0 aliphatic heterocycles. The van der Waals surface area contributed by atoms with Gasteiger partial charge in [-0.25, -0.2) is 4.79 Å². The molecule has 0 bridgehead atoms. The van der Waals surface area contributed by atoms with E-state index in [4.69, 9.17) is 0 Å². The topological polar surface area (TPSA) is 55.4 Å². The summed E-state index contributed by atoms with van der Waals surface area (Å²) in [6, 6.07) is 14.1. The Morgan fingerprint density at radius 2 is 1.81 bits per heavy atom. The Labute approximate surface area is 131 Å². The van der Waals surface area contributed by atoms with Gasteiger partial charge in [-0.1, -0.05) is 34.1 Å². The van der Waals surface area contributed by atoms with Crippen molar-refractivity contribution in [3.05, 3.63) is 69.7 Å². The highest BCUT2D eigenvalue weighted by molar-refractivity contribution is 9.10. The van der Waals surface area contributed by atoms with Gasteiger partial charge in [0, 0.05) is 16.6 Å². The summed E-state index contributed by atoms with van der Waals surface area (Å²) >= 11 is 3.33. The van der Waals surface area contributed by atoms with Gasteiger partial charge in [-0.15, -0.1) is 0 Å². The zero-order chi connectivity index (χ0) is 15.2. The lowest BCUT2D eigenvalue weighted by atomic mass is 10.1. The first-order chi connectivity index (χ1) is 10.1. The van der Waals surface area contributed by atoms with Crippen LogP contribution in [0, 0.1) is 0 Å². The Bertz CT molecular complexity index is 653. The minimum Gasteiger partial charge on any atom is -0.465 e. The second kappa shape index (κ2) is 7.04. The third-order valence-corrected chi connectivity index (χ3v) is 3.41. The average molecular weight is 348 g/mol. The van der Waals surface area contributed by atoms with Gasteiger partial charge >= 0.3 is 5.97 Å². The van der Waals surface area contributed by atoms with Crippen LogP contribution in [0.5, 0.6) is 0 Å². The van der Waals surface area contributed by atoms with Crippen molar-refractivity contribution >= 4 is 27.8 Å². The maximum Gasteiger partial charge on any atom is 0.337 e. The number of methoxy groups -OCH3 is 1. The number of hydrogen-bond acceptors (Lipinski definition) is 3. The Kier molecular flexibility index (Phi) is 5.11. The van der Waals surface area contributed by atoms with E-state index in [1.807, 2.05) is 12.1 Å². The standard InChI is InChI=1S/C16H14BrNO3/c1-21-16(20)12-7-5-11(6-8-12)10-18-15(19)13-3-2-4-14(17)9-13/h2-9H,10H2,1H3,(H,18,19). The lowest BCUT2D eigenvalue weighted by Crippen LogP contribution is -2.22. The highest BCUT2D eigenvalue weighted by Gasteiger charge is 2.07. The van der Waals surface area contributed by atoms with Crippen LogP contribution >= 0.6 is 15.9 Å². The Morgan fingerprint density at radius 3 is 2.43 bits per heavy atom. The van der Waals surface area contributed by atoms with E-state index in [-0.39, 0.29) is 11.9 Å². The second-order valence-electron chi connectivity index (χ2n) is 4.38. The number of benzene rings is 2. The number of carbonyl (C=O) groups excluding carboxylic acids is 2. The van der Waals surface area contributed by atoms with E-state index in [0.29, 0.717) is 17.7 Å². The molecule has 0 radical (unpaired) electrons. The first-order valence-electron chi connectivity index (χ1n) is 6.31. The van der Waals surface area contributed by atoms with Crippen LogP contribution in [-0.2, 0) is 11.3 Å². The zero-order valence-electron chi connectivity index (χ0n) is 11.4. The number of ether oxygens (including phenoxy) is 1. The van der Waals surface area contributed by atoms with Crippen molar-refractivity contribution in [3.8, 4) is 0 Å². The number of nitrogens with one attached hydrogen (secondary N) is 1. The summed E-state index contributed by atoms with van der Waals surface area (Å²) in [4.78, 5) is 23.3. The first-order valence-corrected chi connectivity index (χ1v) is 7.10. The molecule has 0 heterocycles. The number of rotatable bonds is 4. The molecular formula is C16H14BrNO3. The highest BCUT2D eigenvalue weighted by atomic mass is 79.9. The fraction of sp³-hybridized carbons (Fsp3) is 0.125. The maximum atomic E-state index is 12.0. The molecule has 1 amide bonds. The van der Waals surface area contributed by atoms with Crippen molar-refractivity contribution in [2.75, 3.05) is 7.11 Å². The van der Waals surface area contributed by atoms with Crippen LogP contribution in [0.3, 0.4) is 0 Å². The summed E-state index contributed by atoms with van der Waals surface area (Å²) in [7, 11) is 1.34. The molecule has 0 aliphatic carbocycles. The second-order valence-corrected chi connectivity index (χ2v) is 5.30. The van der Waals surface area contributed by atoms with E-state index < -0.39 is 0 Å². The Morgan fingerprint density at radius 1 is 1.10 bits per heavy atom. The SMILES string of the molecule is COC(=O)c1ccc(CNC(=O)c2cccc(Br)c2)cc1. The molecule has 0 unspecified atom stereocenters. The number of hydrogen-bond donors (Lipinski definition) is 1. The summed E-state index contributed by atoms with van der Waals surface area (Å²) in [5, 5.41) is 2.83. The maximum absolute atomic E-state index is 12.0. The summed E-state index contributed by atoms with van der Waals surface area (Å²) < 4.78 is 5.49. The van der Waals surface area contributed by atoms with Gasteiger partial charge < -0.3 is 10.1 Å². The smallest absolute Gasteiger partial charge is 0.337 e. The molecule has 0 spiro atoms. The fourth-order valence-electron chi connectivity index (χ4n) is 1.79. The third kappa shape index (κ3) is 4.16. The number of esters is 1. The first kappa shape index (κ1) is 15.3. The van der Waals surface area contributed by atoms with Gasteiger partial charge in [0.2, 0.25) is 0 Å². The molecule has 4 nitrogen and oxygen atoms in total. The lowest BCUT2D eigenvalue weighted by molar-refractivity contribution is 0.0600. The van der Waals surface area contributed by atoms with Gasteiger partial charge in [-0.05, 0) is 35.9 Å². The number of halogens is 1. The molecule has 5 heteroatoms. The van der Waals surface area contributed by atoms with Crippen molar-refractivity contribution in [1.82, 2.24) is 5.32 Å². The molecular weight excluding hydrogens is 334 g/mol. The largest absolute Gasteiger partial charge is 0.465 e. The molecule has 1 N–H and O–H groups in total. The molecule has 108 valence electrons. The van der Waals surface area contributed by atoms with Gasteiger partial charge in [0.1, 0.15) is 0 Å². The van der Waals surface area contributed by atoms with E-state index in [9.17, 15) is 9.59 Å². The molecule has 0 saturated carbocycles. The third-order valence-electron chi connectivity index (χ3n) is 2.91. The lowest BCUT2D eigenvalue weighted by Gasteiger charge is -2.06. The quantitative estimate of drug-likeness (QED) is 0.864. The number of amides is 1. The van der Waals surface area contributed by atoms with Gasteiger partial charge in [0.05, 0.1) is 12.7 Å². The van der Waals surface area contributed by atoms with Crippen LogP contribution in [0.1, 0.15) is 26.3 Å². The molecule has 0 atom stereocenters. The van der Waals surface area contributed by atoms with Gasteiger partial charge in [-0.2, -0.15) is 0 Å².